The Morgan fingerprint density at radius 2 is 1.55 bits per heavy atom. The number of aryl methyl sites for hydroxylation is 1. The molecule has 0 aliphatic carbocycles. The topological polar surface area (TPSA) is 20.2 Å². The Balaban J connectivity index is 2.05. The predicted octanol–water partition coefficient (Wildman–Crippen LogP) is 4.48. The van der Waals surface area contributed by atoms with Gasteiger partial charge in [0.25, 0.3) is 0 Å². The average Bonchev–Trinajstić information content (AvgIpc) is 2.54. The molecule has 3 aromatic rings. The summed E-state index contributed by atoms with van der Waals surface area (Å²) >= 11 is 0. The fourth-order valence-electron chi connectivity index (χ4n) is 2.60. The highest BCUT2D eigenvalue weighted by Gasteiger charge is 2.12. The first-order valence-electron chi connectivity index (χ1n) is 7.04. The van der Waals surface area contributed by atoms with E-state index in [0.717, 1.165) is 28.3 Å². The van der Waals surface area contributed by atoms with Gasteiger partial charge in [-0.1, -0.05) is 73.7 Å². The molecule has 0 aromatic heterocycles. The largest absolute Gasteiger partial charge is 0.384 e. The predicted molar refractivity (Wildman–Crippen MR) is 83.8 cm³/mol. The molecular weight excluding hydrogens is 244 g/mol. The van der Waals surface area contributed by atoms with Crippen LogP contribution in [0.3, 0.4) is 0 Å². The Bertz CT molecular complexity index is 708. The van der Waals surface area contributed by atoms with E-state index in [1.165, 1.54) is 5.56 Å². The summed E-state index contributed by atoms with van der Waals surface area (Å²) in [5, 5.41) is 12.9. The molecule has 0 aliphatic heterocycles. The maximum absolute atomic E-state index is 10.7. The third kappa shape index (κ3) is 2.33. The molecule has 1 nitrogen and oxygen atoms in total. The van der Waals surface area contributed by atoms with E-state index in [-0.39, 0.29) is 0 Å². The summed E-state index contributed by atoms with van der Waals surface area (Å²) in [5.74, 6) is 0. The number of hydrogen-bond acceptors (Lipinski definition) is 1. The van der Waals surface area contributed by atoms with Crippen LogP contribution in [0.25, 0.3) is 10.8 Å². The highest BCUT2D eigenvalue weighted by molar-refractivity contribution is 5.86. The molecule has 0 spiro atoms. The molecular formula is C19H18O. The van der Waals surface area contributed by atoms with Crippen LogP contribution >= 0.6 is 0 Å². The number of hydrogen-bond donors (Lipinski definition) is 1. The molecule has 20 heavy (non-hydrogen) atoms. The molecule has 0 saturated carbocycles. The second kappa shape index (κ2) is 5.48. The lowest BCUT2D eigenvalue weighted by molar-refractivity contribution is 0.222. The van der Waals surface area contributed by atoms with Gasteiger partial charge in [-0.15, -0.1) is 0 Å². The molecule has 1 N–H and O–H groups in total. The lowest BCUT2D eigenvalue weighted by atomic mass is 9.95. The first-order valence-corrected chi connectivity index (χ1v) is 7.04. The number of aliphatic hydroxyl groups is 1. The lowest BCUT2D eigenvalue weighted by Gasteiger charge is -2.14. The molecule has 100 valence electrons. The van der Waals surface area contributed by atoms with Crippen molar-refractivity contribution in [2.75, 3.05) is 0 Å². The van der Waals surface area contributed by atoms with Crippen LogP contribution < -0.4 is 0 Å². The number of aliphatic hydroxyl groups excluding tert-OH is 1. The van der Waals surface area contributed by atoms with Crippen LogP contribution in [0.1, 0.15) is 29.7 Å². The van der Waals surface area contributed by atoms with Gasteiger partial charge in [-0.3, -0.25) is 0 Å². The maximum atomic E-state index is 10.7. The van der Waals surface area contributed by atoms with E-state index in [0.29, 0.717) is 0 Å². The first kappa shape index (κ1) is 12.9. The summed E-state index contributed by atoms with van der Waals surface area (Å²) in [6.07, 6.45) is 0.442. The van der Waals surface area contributed by atoms with E-state index < -0.39 is 6.10 Å². The molecule has 3 aromatic carbocycles. The Hall–Kier alpha value is -2.12. The molecule has 0 amide bonds. The van der Waals surface area contributed by atoms with Crippen molar-refractivity contribution in [3.63, 3.8) is 0 Å². The van der Waals surface area contributed by atoms with Gasteiger partial charge in [0.15, 0.2) is 0 Å². The number of benzene rings is 3. The average molecular weight is 262 g/mol. The fraction of sp³-hybridized carbons (Fsp3) is 0.158. The Morgan fingerprint density at radius 3 is 2.30 bits per heavy atom. The SMILES string of the molecule is CCc1ccc([C@@H](O)c2cccc3ccccc23)cc1. The zero-order valence-corrected chi connectivity index (χ0v) is 11.6. The second-order valence-corrected chi connectivity index (χ2v) is 5.07. The summed E-state index contributed by atoms with van der Waals surface area (Å²) < 4.78 is 0. The third-order valence-electron chi connectivity index (χ3n) is 3.82. The van der Waals surface area contributed by atoms with Crippen LogP contribution in [0.4, 0.5) is 0 Å². The molecule has 0 heterocycles. The Morgan fingerprint density at radius 1 is 0.850 bits per heavy atom. The highest BCUT2D eigenvalue weighted by Crippen LogP contribution is 2.28. The molecule has 1 heteroatoms. The number of fused-ring (bicyclic) bond motifs is 1. The van der Waals surface area contributed by atoms with Crippen LogP contribution in [0.15, 0.2) is 66.7 Å². The van der Waals surface area contributed by atoms with E-state index in [2.05, 4.69) is 37.3 Å². The molecule has 0 radical (unpaired) electrons. The monoisotopic (exact) mass is 262 g/mol. The van der Waals surface area contributed by atoms with E-state index in [1.54, 1.807) is 0 Å². The van der Waals surface area contributed by atoms with Crippen molar-refractivity contribution in [2.45, 2.75) is 19.4 Å². The van der Waals surface area contributed by atoms with E-state index >= 15 is 0 Å². The minimum absolute atomic E-state index is 0.577. The van der Waals surface area contributed by atoms with Crippen LogP contribution in [0.2, 0.25) is 0 Å². The quantitative estimate of drug-likeness (QED) is 0.737. The van der Waals surface area contributed by atoms with Crippen molar-refractivity contribution < 1.29 is 5.11 Å². The van der Waals surface area contributed by atoms with Gasteiger partial charge in [-0.05, 0) is 33.9 Å². The Kier molecular flexibility index (Phi) is 3.53. The van der Waals surface area contributed by atoms with E-state index in [4.69, 9.17) is 0 Å². The van der Waals surface area contributed by atoms with Gasteiger partial charge in [0.1, 0.15) is 6.10 Å². The summed E-state index contributed by atoms with van der Waals surface area (Å²) in [4.78, 5) is 0. The van der Waals surface area contributed by atoms with Gasteiger partial charge in [-0.25, -0.2) is 0 Å². The summed E-state index contributed by atoms with van der Waals surface area (Å²) in [5.41, 5.74) is 3.20. The summed E-state index contributed by atoms with van der Waals surface area (Å²) in [7, 11) is 0. The molecule has 0 aliphatic rings. The molecule has 0 fully saturated rings. The molecule has 3 rings (SSSR count). The van der Waals surface area contributed by atoms with Crippen molar-refractivity contribution in [3.05, 3.63) is 83.4 Å². The molecule has 1 atom stereocenters. The van der Waals surface area contributed by atoms with Crippen LogP contribution in [-0.4, -0.2) is 5.11 Å². The highest BCUT2D eigenvalue weighted by atomic mass is 16.3. The molecule has 0 unspecified atom stereocenters. The van der Waals surface area contributed by atoms with Gasteiger partial charge in [0.05, 0.1) is 0 Å². The van der Waals surface area contributed by atoms with Crippen molar-refractivity contribution in [2.24, 2.45) is 0 Å². The maximum Gasteiger partial charge on any atom is 0.105 e. The zero-order chi connectivity index (χ0) is 13.9. The van der Waals surface area contributed by atoms with Crippen LogP contribution in [-0.2, 0) is 6.42 Å². The van der Waals surface area contributed by atoms with Crippen molar-refractivity contribution in [1.82, 2.24) is 0 Å². The zero-order valence-electron chi connectivity index (χ0n) is 11.6. The minimum atomic E-state index is -0.577. The van der Waals surface area contributed by atoms with Crippen LogP contribution in [0.5, 0.6) is 0 Å². The van der Waals surface area contributed by atoms with Crippen molar-refractivity contribution in [3.8, 4) is 0 Å². The van der Waals surface area contributed by atoms with E-state index in [9.17, 15) is 5.11 Å². The standard InChI is InChI=1S/C19H18O/c1-2-14-10-12-16(13-11-14)19(20)18-9-5-7-15-6-3-4-8-17(15)18/h3-13,19-20H,2H2,1H3/t19-/m1/s1. The lowest BCUT2D eigenvalue weighted by Crippen LogP contribution is -2.00. The van der Waals surface area contributed by atoms with Crippen molar-refractivity contribution in [1.29, 1.82) is 0 Å². The van der Waals surface area contributed by atoms with Gasteiger partial charge < -0.3 is 5.11 Å². The third-order valence-corrected chi connectivity index (χ3v) is 3.82. The number of rotatable bonds is 3. The second-order valence-electron chi connectivity index (χ2n) is 5.07. The minimum Gasteiger partial charge on any atom is -0.384 e. The van der Waals surface area contributed by atoms with Gasteiger partial charge in [0.2, 0.25) is 0 Å². The van der Waals surface area contributed by atoms with E-state index in [1.807, 2.05) is 36.4 Å². The van der Waals surface area contributed by atoms with Crippen LogP contribution in [0, 0.1) is 0 Å². The molecule has 0 saturated heterocycles. The fourth-order valence-corrected chi connectivity index (χ4v) is 2.60. The Labute approximate surface area is 119 Å². The van der Waals surface area contributed by atoms with Gasteiger partial charge in [-0.2, -0.15) is 0 Å². The molecule has 0 bridgehead atoms. The normalized spacial score (nSPS) is 12.5. The van der Waals surface area contributed by atoms with Crippen molar-refractivity contribution >= 4 is 10.8 Å². The summed E-state index contributed by atoms with van der Waals surface area (Å²) in [6.45, 7) is 2.14. The summed E-state index contributed by atoms with van der Waals surface area (Å²) in [6, 6.07) is 22.5. The van der Waals surface area contributed by atoms with Gasteiger partial charge in [0, 0.05) is 0 Å². The smallest absolute Gasteiger partial charge is 0.105 e. The van der Waals surface area contributed by atoms with Gasteiger partial charge >= 0.3 is 0 Å². The first-order chi connectivity index (χ1) is 9.79.